The van der Waals surface area contributed by atoms with Crippen LogP contribution < -0.4 is 0 Å². The highest BCUT2D eigenvalue weighted by Crippen LogP contribution is 2.17. The maximum Gasteiger partial charge on any atom is 0.311 e. The van der Waals surface area contributed by atoms with Crippen LogP contribution in [0.1, 0.15) is 21.0 Å². The van der Waals surface area contributed by atoms with Gasteiger partial charge in [-0.25, -0.2) is 0 Å². The maximum absolute atomic E-state index is 12.2. The summed E-state index contributed by atoms with van der Waals surface area (Å²) in [5.74, 6) is -1.07. The van der Waals surface area contributed by atoms with Crippen LogP contribution in [-0.4, -0.2) is 28.9 Å². The molecule has 0 radical (unpaired) electrons. The molecule has 0 aromatic carbocycles. The Bertz CT molecular complexity index is 573. The molecule has 2 heterocycles. The highest BCUT2D eigenvalue weighted by molar-refractivity contribution is 7.09. The predicted octanol–water partition coefficient (Wildman–Crippen LogP) is 2.24. The normalized spacial score (nSPS) is 10.4. The lowest BCUT2D eigenvalue weighted by molar-refractivity contribution is -0.136. The van der Waals surface area contributed by atoms with Crippen LogP contribution in [0.2, 0.25) is 0 Å². The summed E-state index contributed by atoms with van der Waals surface area (Å²) in [5, 5.41) is 10.7. The molecular formula is C13H13NO4S. The van der Waals surface area contributed by atoms with Crippen molar-refractivity contribution in [3.63, 3.8) is 0 Å². The third kappa shape index (κ3) is 3.23. The van der Waals surface area contributed by atoms with Crippen LogP contribution in [0.3, 0.4) is 0 Å². The quantitative estimate of drug-likeness (QED) is 0.911. The van der Waals surface area contributed by atoms with E-state index in [9.17, 15) is 9.59 Å². The first-order valence-corrected chi connectivity index (χ1v) is 6.52. The first-order valence-electron chi connectivity index (χ1n) is 5.64. The number of carboxylic acids is 1. The Balaban J connectivity index is 2.10. The molecule has 0 fully saturated rings. The van der Waals surface area contributed by atoms with Crippen LogP contribution in [-0.2, 0) is 17.8 Å². The number of thiophene rings is 1. The van der Waals surface area contributed by atoms with Gasteiger partial charge in [0, 0.05) is 11.9 Å². The Morgan fingerprint density at radius 2 is 2.21 bits per heavy atom. The van der Waals surface area contributed by atoms with Crippen molar-refractivity contribution < 1.29 is 19.1 Å². The van der Waals surface area contributed by atoms with Crippen LogP contribution in [0, 0.1) is 0 Å². The molecule has 0 spiro atoms. The van der Waals surface area contributed by atoms with Crippen LogP contribution in [0.15, 0.2) is 34.3 Å². The zero-order valence-electron chi connectivity index (χ0n) is 10.3. The van der Waals surface area contributed by atoms with E-state index in [0.29, 0.717) is 12.1 Å². The van der Waals surface area contributed by atoms with E-state index in [1.807, 2.05) is 17.5 Å². The van der Waals surface area contributed by atoms with Gasteiger partial charge >= 0.3 is 5.97 Å². The zero-order chi connectivity index (χ0) is 13.8. The molecule has 1 amide bonds. The van der Waals surface area contributed by atoms with Gasteiger partial charge in [0.25, 0.3) is 5.91 Å². The zero-order valence-corrected chi connectivity index (χ0v) is 11.1. The number of nitrogens with zero attached hydrogens (tertiary/aromatic N) is 1. The second kappa shape index (κ2) is 5.71. The first kappa shape index (κ1) is 13.4. The largest absolute Gasteiger partial charge is 0.481 e. The predicted molar refractivity (Wildman–Crippen MR) is 70.2 cm³/mol. The molecule has 0 aliphatic carbocycles. The van der Waals surface area contributed by atoms with Gasteiger partial charge in [-0.05, 0) is 17.5 Å². The van der Waals surface area contributed by atoms with Gasteiger partial charge in [0.1, 0.15) is 12.2 Å². The van der Waals surface area contributed by atoms with Gasteiger partial charge in [-0.1, -0.05) is 6.07 Å². The molecule has 0 saturated carbocycles. The van der Waals surface area contributed by atoms with Crippen molar-refractivity contribution in [3.05, 3.63) is 46.0 Å². The topological polar surface area (TPSA) is 70.8 Å². The van der Waals surface area contributed by atoms with E-state index < -0.39 is 5.97 Å². The Morgan fingerprint density at radius 1 is 1.42 bits per heavy atom. The first-order chi connectivity index (χ1) is 9.08. The van der Waals surface area contributed by atoms with Gasteiger partial charge in [-0.3, -0.25) is 9.59 Å². The van der Waals surface area contributed by atoms with Crippen LogP contribution >= 0.6 is 11.3 Å². The fourth-order valence-electron chi connectivity index (χ4n) is 1.72. The van der Waals surface area contributed by atoms with Crippen molar-refractivity contribution in [1.29, 1.82) is 0 Å². The molecule has 2 aromatic heterocycles. The Labute approximate surface area is 114 Å². The van der Waals surface area contributed by atoms with E-state index in [-0.39, 0.29) is 18.1 Å². The van der Waals surface area contributed by atoms with E-state index >= 15 is 0 Å². The molecular weight excluding hydrogens is 266 g/mol. The number of hydrogen-bond acceptors (Lipinski definition) is 4. The average Bonchev–Trinajstić information content (AvgIpc) is 2.98. The minimum atomic E-state index is -1.02. The van der Waals surface area contributed by atoms with E-state index in [2.05, 4.69) is 0 Å². The van der Waals surface area contributed by atoms with Gasteiger partial charge in [0.05, 0.1) is 18.4 Å². The molecule has 0 saturated heterocycles. The summed E-state index contributed by atoms with van der Waals surface area (Å²) >= 11 is 1.57. The second-order valence-corrected chi connectivity index (χ2v) is 5.10. The molecule has 0 unspecified atom stereocenters. The molecule has 0 bridgehead atoms. The van der Waals surface area contributed by atoms with Crippen molar-refractivity contribution in [1.82, 2.24) is 4.90 Å². The third-order valence-electron chi connectivity index (χ3n) is 2.61. The number of amides is 1. The number of carbonyl (C=O) groups excluding carboxylic acids is 1. The summed E-state index contributed by atoms with van der Waals surface area (Å²) in [6.07, 6.45) is 1.05. The average molecular weight is 279 g/mol. The van der Waals surface area contributed by atoms with E-state index in [1.54, 1.807) is 23.3 Å². The number of aliphatic carboxylic acids is 1. The van der Waals surface area contributed by atoms with Gasteiger partial charge in [0.2, 0.25) is 0 Å². The molecule has 5 nitrogen and oxygen atoms in total. The number of hydrogen-bond donors (Lipinski definition) is 1. The number of furan rings is 1. The van der Waals surface area contributed by atoms with Gasteiger partial charge < -0.3 is 14.4 Å². The lowest BCUT2D eigenvalue weighted by Gasteiger charge is -2.15. The SMILES string of the molecule is CN(Cc1cccs1)C(=O)c1ccoc1CC(=O)O. The Hall–Kier alpha value is -2.08. The molecule has 19 heavy (non-hydrogen) atoms. The van der Waals surface area contributed by atoms with E-state index in [4.69, 9.17) is 9.52 Å². The highest BCUT2D eigenvalue weighted by Gasteiger charge is 2.20. The Morgan fingerprint density at radius 3 is 2.84 bits per heavy atom. The fraction of sp³-hybridized carbons (Fsp3) is 0.231. The molecule has 2 aromatic rings. The van der Waals surface area contributed by atoms with Gasteiger partial charge in [-0.15, -0.1) is 11.3 Å². The molecule has 1 N–H and O–H groups in total. The summed E-state index contributed by atoms with van der Waals surface area (Å²) in [6, 6.07) is 5.37. The minimum Gasteiger partial charge on any atom is -0.481 e. The van der Waals surface area contributed by atoms with Crippen molar-refractivity contribution in [3.8, 4) is 0 Å². The van der Waals surface area contributed by atoms with Gasteiger partial charge in [-0.2, -0.15) is 0 Å². The summed E-state index contributed by atoms with van der Waals surface area (Å²) in [5.41, 5.74) is 0.307. The van der Waals surface area contributed by atoms with Crippen molar-refractivity contribution in [2.75, 3.05) is 7.05 Å². The maximum atomic E-state index is 12.2. The second-order valence-electron chi connectivity index (χ2n) is 4.07. The lowest BCUT2D eigenvalue weighted by atomic mass is 10.2. The number of carboxylic acid groups (broad SMARTS) is 1. The molecule has 0 atom stereocenters. The molecule has 2 rings (SSSR count). The summed E-state index contributed by atoms with van der Waals surface area (Å²) in [4.78, 5) is 25.5. The lowest BCUT2D eigenvalue weighted by Crippen LogP contribution is -2.26. The monoisotopic (exact) mass is 279 g/mol. The van der Waals surface area contributed by atoms with Crippen LogP contribution in [0.4, 0.5) is 0 Å². The van der Waals surface area contributed by atoms with Crippen LogP contribution in [0.25, 0.3) is 0 Å². The summed E-state index contributed by atoms with van der Waals surface area (Å²) < 4.78 is 5.06. The molecule has 0 aliphatic heterocycles. The van der Waals surface area contributed by atoms with E-state index in [1.165, 1.54) is 12.3 Å². The third-order valence-corrected chi connectivity index (χ3v) is 3.47. The Kier molecular flexibility index (Phi) is 4.01. The van der Waals surface area contributed by atoms with Crippen LogP contribution in [0.5, 0.6) is 0 Å². The summed E-state index contributed by atoms with van der Waals surface area (Å²) in [7, 11) is 1.68. The summed E-state index contributed by atoms with van der Waals surface area (Å²) in [6.45, 7) is 0.494. The number of rotatable bonds is 5. The van der Waals surface area contributed by atoms with E-state index in [0.717, 1.165) is 4.88 Å². The van der Waals surface area contributed by atoms with Crippen molar-refractivity contribution in [2.45, 2.75) is 13.0 Å². The van der Waals surface area contributed by atoms with Gasteiger partial charge in [0.15, 0.2) is 0 Å². The molecule has 100 valence electrons. The smallest absolute Gasteiger partial charge is 0.311 e. The molecule has 6 heteroatoms. The standard InChI is InChI=1S/C13H13NO4S/c1-14(8-9-3-2-6-19-9)13(17)10-4-5-18-11(10)7-12(15)16/h2-6H,7-8H2,1H3,(H,15,16). The van der Waals surface area contributed by atoms with Crippen molar-refractivity contribution >= 4 is 23.2 Å². The van der Waals surface area contributed by atoms with Crippen molar-refractivity contribution in [2.24, 2.45) is 0 Å². The fourth-order valence-corrected chi connectivity index (χ4v) is 2.48. The molecule has 0 aliphatic rings. The highest BCUT2D eigenvalue weighted by atomic mass is 32.1. The minimum absolute atomic E-state index is 0.190. The number of carbonyl (C=O) groups is 2.